The molecule has 0 saturated heterocycles. The summed E-state index contributed by atoms with van der Waals surface area (Å²) in [4.78, 5) is 11.1. The van der Waals surface area contributed by atoms with Crippen LogP contribution in [0.5, 0.6) is 0 Å². The van der Waals surface area contributed by atoms with Crippen LogP contribution in [0.4, 0.5) is 0 Å². The number of aliphatic hydroxyl groups excluding tert-OH is 1. The van der Waals surface area contributed by atoms with Gasteiger partial charge in [-0.05, 0) is 18.6 Å². The Bertz CT molecular complexity index is 574. The van der Waals surface area contributed by atoms with Gasteiger partial charge >= 0.3 is 5.97 Å². The summed E-state index contributed by atoms with van der Waals surface area (Å²) in [5.74, 6) is -0.585. The summed E-state index contributed by atoms with van der Waals surface area (Å²) in [6.45, 7) is 1.52. The lowest BCUT2D eigenvalue weighted by atomic mass is 9.99. The maximum Gasteiger partial charge on any atom is 0.335 e. The first-order chi connectivity index (χ1) is 8.63. The van der Waals surface area contributed by atoms with Crippen molar-refractivity contribution in [2.24, 2.45) is 0 Å². The molecule has 5 nitrogen and oxygen atoms in total. The summed E-state index contributed by atoms with van der Waals surface area (Å²) in [6.07, 6.45) is 0.383. The molecule has 0 aliphatic heterocycles. The first-order valence-corrected chi connectivity index (χ1v) is 5.49. The van der Waals surface area contributed by atoms with Crippen molar-refractivity contribution >= 4 is 5.97 Å². The molecule has 1 heterocycles. The number of carboxylic acid groups (broad SMARTS) is 1. The fraction of sp³-hybridized carbons (Fsp3) is 0.231. The van der Waals surface area contributed by atoms with Crippen LogP contribution in [-0.4, -0.2) is 21.3 Å². The van der Waals surface area contributed by atoms with Gasteiger partial charge in [-0.3, -0.25) is 0 Å². The van der Waals surface area contributed by atoms with Crippen LogP contribution in [0.25, 0.3) is 0 Å². The Balaban J connectivity index is 2.40. The summed E-state index contributed by atoms with van der Waals surface area (Å²) >= 11 is 0. The second-order valence-electron chi connectivity index (χ2n) is 3.97. The van der Waals surface area contributed by atoms with E-state index in [-0.39, 0.29) is 12.2 Å². The SMILES string of the molecule is Cc1noc(CO)c1Cc1ccccc1C(=O)O. The molecule has 0 spiro atoms. The van der Waals surface area contributed by atoms with Crippen LogP contribution in [0.15, 0.2) is 28.8 Å². The van der Waals surface area contributed by atoms with E-state index < -0.39 is 5.97 Å². The van der Waals surface area contributed by atoms with E-state index in [1.807, 2.05) is 0 Å². The number of nitrogens with zero attached hydrogens (tertiary/aromatic N) is 1. The Kier molecular flexibility index (Phi) is 3.43. The molecule has 0 atom stereocenters. The van der Waals surface area contributed by atoms with E-state index in [4.69, 9.17) is 14.7 Å². The van der Waals surface area contributed by atoms with Crippen LogP contribution < -0.4 is 0 Å². The largest absolute Gasteiger partial charge is 0.478 e. The predicted molar refractivity (Wildman–Crippen MR) is 63.4 cm³/mol. The van der Waals surface area contributed by atoms with Gasteiger partial charge in [0.05, 0.1) is 11.3 Å². The molecule has 0 amide bonds. The molecule has 2 rings (SSSR count). The van der Waals surface area contributed by atoms with Gasteiger partial charge in [0.25, 0.3) is 0 Å². The highest BCUT2D eigenvalue weighted by Crippen LogP contribution is 2.20. The van der Waals surface area contributed by atoms with Crippen molar-refractivity contribution in [1.29, 1.82) is 0 Å². The third kappa shape index (κ3) is 2.26. The smallest absolute Gasteiger partial charge is 0.335 e. The molecule has 0 unspecified atom stereocenters. The fourth-order valence-corrected chi connectivity index (χ4v) is 1.86. The zero-order chi connectivity index (χ0) is 13.1. The highest BCUT2D eigenvalue weighted by atomic mass is 16.5. The fourth-order valence-electron chi connectivity index (χ4n) is 1.86. The zero-order valence-corrected chi connectivity index (χ0v) is 9.88. The van der Waals surface area contributed by atoms with Crippen LogP contribution in [0.1, 0.15) is 32.9 Å². The first kappa shape index (κ1) is 12.3. The number of aromatic nitrogens is 1. The third-order valence-corrected chi connectivity index (χ3v) is 2.82. The van der Waals surface area contributed by atoms with Crippen LogP contribution >= 0.6 is 0 Å². The molecular formula is C13H13NO4. The molecule has 1 aromatic carbocycles. The van der Waals surface area contributed by atoms with Crippen molar-refractivity contribution < 1.29 is 19.5 Å². The predicted octanol–water partition coefficient (Wildman–Crippen LogP) is 1.76. The van der Waals surface area contributed by atoms with E-state index in [9.17, 15) is 4.79 Å². The average molecular weight is 247 g/mol. The normalized spacial score (nSPS) is 10.6. The molecule has 1 aromatic heterocycles. The Morgan fingerprint density at radius 2 is 2.11 bits per heavy atom. The van der Waals surface area contributed by atoms with Crippen molar-refractivity contribution in [3.8, 4) is 0 Å². The molecule has 0 radical (unpaired) electrons. The highest BCUT2D eigenvalue weighted by Gasteiger charge is 2.16. The van der Waals surface area contributed by atoms with Gasteiger partial charge < -0.3 is 14.7 Å². The number of carboxylic acids is 1. The molecule has 0 bridgehead atoms. The first-order valence-electron chi connectivity index (χ1n) is 5.49. The number of rotatable bonds is 4. The summed E-state index contributed by atoms with van der Waals surface area (Å²) in [5.41, 5.74) is 2.33. The van der Waals surface area contributed by atoms with Crippen molar-refractivity contribution in [3.05, 3.63) is 52.4 Å². The van der Waals surface area contributed by atoms with Crippen molar-refractivity contribution in [3.63, 3.8) is 0 Å². The van der Waals surface area contributed by atoms with Crippen molar-refractivity contribution in [2.75, 3.05) is 0 Å². The van der Waals surface area contributed by atoms with Gasteiger partial charge in [0.2, 0.25) is 0 Å². The summed E-state index contributed by atoms with van der Waals surface area (Å²) < 4.78 is 4.97. The summed E-state index contributed by atoms with van der Waals surface area (Å²) in [6, 6.07) is 6.76. The second kappa shape index (κ2) is 5.01. The topological polar surface area (TPSA) is 83.6 Å². The number of aryl methyl sites for hydroxylation is 1. The van der Waals surface area contributed by atoms with Gasteiger partial charge in [-0.1, -0.05) is 23.4 Å². The van der Waals surface area contributed by atoms with Gasteiger partial charge in [0, 0.05) is 12.0 Å². The minimum absolute atomic E-state index is 0.245. The molecule has 5 heteroatoms. The van der Waals surface area contributed by atoms with Crippen LogP contribution in [0.2, 0.25) is 0 Å². The standard InChI is InChI=1S/C13H13NO4/c1-8-11(12(7-15)18-14-8)6-9-4-2-3-5-10(9)13(16)17/h2-5,15H,6-7H2,1H3,(H,16,17). The van der Waals surface area contributed by atoms with Crippen LogP contribution in [0.3, 0.4) is 0 Å². The monoisotopic (exact) mass is 247 g/mol. The number of aliphatic hydroxyl groups is 1. The van der Waals surface area contributed by atoms with Gasteiger partial charge in [-0.2, -0.15) is 0 Å². The number of benzene rings is 1. The Morgan fingerprint density at radius 3 is 2.78 bits per heavy atom. The minimum Gasteiger partial charge on any atom is -0.478 e. The van der Waals surface area contributed by atoms with E-state index >= 15 is 0 Å². The Morgan fingerprint density at radius 1 is 1.39 bits per heavy atom. The maximum absolute atomic E-state index is 11.1. The van der Waals surface area contributed by atoms with E-state index in [1.165, 1.54) is 0 Å². The molecule has 18 heavy (non-hydrogen) atoms. The summed E-state index contributed by atoms with van der Waals surface area (Å²) in [7, 11) is 0. The zero-order valence-electron chi connectivity index (χ0n) is 9.88. The van der Waals surface area contributed by atoms with Crippen LogP contribution in [-0.2, 0) is 13.0 Å². The Hall–Kier alpha value is -2.14. The number of hydrogen-bond donors (Lipinski definition) is 2. The van der Waals surface area contributed by atoms with E-state index in [2.05, 4.69) is 5.16 Å². The van der Waals surface area contributed by atoms with Gasteiger partial charge in [-0.25, -0.2) is 4.79 Å². The second-order valence-corrected chi connectivity index (χ2v) is 3.97. The number of aromatic carboxylic acids is 1. The molecular weight excluding hydrogens is 234 g/mol. The van der Waals surface area contributed by atoms with Gasteiger partial charge in [0.1, 0.15) is 6.61 Å². The molecule has 0 saturated carbocycles. The molecule has 94 valence electrons. The van der Waals surface area contributed by atoms with Gasteiger partial charge in [-0.15, -0.1) is 0 Å². The van der Waals surface area contributed by atoms with E-state index in [0.29, 0.717) is 23.4 Å². The molecule has 2 aromatic rings. The summed E-state index contributed by atoms with van der Waals surface area (Å²) in [5, 5.41) is 22.0. The lowest BCUT2D eigenvalue weighted by Crippen LogP contribution is -2.04. The van der Waals surface area contributed by atoms with E-state index in [1.54, 1.807) is 31.2 Å². The van der Waals surface area contributed by atoms with Crippen LogP contribution in [0, 0.1) is 6.92 Å². The van der Waals surface area contributed by atoms with Gasteiger partial charge in [0.15, 0.2) is 5.76 Å². The van der Waals surface area contributed by atoms with Crippen molar-refractivity contribution in [1.82, 2.24) is 5.16 Å². The number of hydrogen-bond acceptors (Lipinski definition) is 4. The average Bonchev–Trinajstić information content (AvgIpc) is 2.71. The number of carbonyl (C=O) groups is 1. The molecule has 0 aliphatic carbocycles. The molecule has 2 N–H and O–H groups in total. The Labute approximate surface area is 104 Å². The minimum atomic E-state index is -0.967. The lowest BCUT2D eigenvalue weighted by molar-refractivity contribution is 0.0696. The molecule has 0 fully saturated rings. The highest BCUT2D eigenvalue weighted by molar-refractivity contribution is 5.89. The quantitative estimate of drug-likeness (QED) is 0.860. The molecule has 0 aliphatic rings. The third-order valence-electron chi connectivity index (χ3n) is 2.82. The maximum atomic E-state index is 11.1. The lowest BCUT2D eigenvalue weighted by Gasteiger charge is -2.05. The van der Waals surface area contributed by atoms with E-state index in [0.717, 1.165) is 5.56 Å². The van der Waals surface area contributed by atoms with Crippen molar-refractivity contribution in [2.45, 2.75) is 20.0 Å².